The monoisotopic (exact) mass is 276 g/mol. The summed E-state index contributed by atoms with van der Waals surface area (Å²) >= 11 is 0. The molecule has 0 nitrogen and oxygen atoms in total. The minimum atomic E-state index is 0.216. The smallest absolute Gasteiger partial charge is 0.00734 e. The third-order valence-corrected chi connectivity index (χ3v) is 5.41. The van der Waals surface area contributed by atoms with Gasteiger partial charge >= 0.3 is 0 Å². The molecule has 0 radical (unpaired) electrons. The zero-order valence-electron chi connectivity index (χ0n) is 13.6. The van der Waals surface area contributed by atoms with Gasteiger partial charge in [-0.1, -0.05) is 56.7 Å². The number of benzene rings is 2. The van der Waals surface area contributed by atoms with Gasteiger partial charge in [-0.3, -0.25) is 0 Å². The van der Waals surface area contributed by atoms with Crippen molar-refractivity contribution >= 4 is 22.4 Å². The fourth-order valence-electron chi connectivity index (χ4n) is 4.09. The molecule has 0 heteroatoms. The van der Waals surface area contributed by atoms with Crippen LogP contribution in [0.15, 0.2) is 24.3 Å². The van der Waals surface area contributed by atoms with Crippen LogP contribution in [0, 0.1) is 0 Å². The van der Waals surface area contributed by atoms with E-state index in [0.29, 0.717) is 0 Å². The van der Waals surface area contributed by atoms with Gasteiger partial charge in [0.25, 0.3) is 0 Å². The quantitative estimate of drug-likeness (QED) is 0.670. The summed E-state index contributed by atoms with van der Waals surface area (Å²) < 4.78 is 0. The lowest BCUT2D eigenvalue weighted by Gasteiger charge is -2.29. The second kappa shape index (κ2) is 4.22. The molecule has 0 bridgehead atoms. The predicted molar refractivity (Wildman–Crippen MR) is 92.0 cm³/mol. The van der Waals surface area contributed by atoms with Gasteiger partial charge in [0.1, 0.15) is 0 Å². The van der Waals surface area contributed by atoms with Gasteiger partial charge in [0.15, 0.2) is 0 Å². The lowest BCUT2D eigenvalue weighted by atomic mass is 9.76. The first kappa shape index (κ1) is 13.1. The molecule has 0 fully saturated rings. The van der Waals surface area contributed by atoms with E-state index in [1.165, 1.54) is 46.0 Å². The Hall–Kier alpha value is -1.56. The minimum absolute atomic E-state index is 0.216. The first-order chi connectivity index (χ1) is 9.95. The largest absolute Gasteiger partial charge is 0.0760 e. The number of hydrogen-bond acceptors (Lipinski definition) is 0. The molecule has 2 aromatic carbocycles. The molecule has 1 unspecified atom stereocenters. The molecule has 0 aliphatic heterocycles. The van der Waals surface area contributed by atoms with E-state index in [9.17, 15) is 0 Å². The Bertz CT molecular complexity index is 860. The highest BCUT2D eigenvalue weighted by atomic mass is 14.3. The van der Waals surface area contributed by atoms with Gasteiger partial charge < -0.3 is 0 Å². The predicted octanol–water partition coefficient (Wildman–Crippen LogP) is 4.37. The van der Waals surface area contributed by atoms with Crippen LogP contribution in [0.1, 0.15) is 64.0 Å². The van der Waals surface area contributed by atoms with E-state index < -0.39 is 0 Å². The highest BCUT2D eigenvalue weighted by molar-refractivity contribution is 5.90. The number of rotatable bonds is 0. The average Bonchev–Trinajstić information content (AvgIpc) is 2.45. The van der Waals surface area contributed by atoms with Crippen molar-refractivity contribution in [3.63, 3.8) is 0 Å². The fourth-order valence-corrected chi connectivity index (χ4v) is 4.09. The third kappa shape index (κ3) is 1.88. The Kier molecular flexibility index (Phi) is 2.64. The van der Waals surface area contributed by atoms with Crippen LogP contribution in [-0.2, 0) is 5.41 Å². The van der Waals surface area contributed by atoms with E-state index in [1.807, 2.05) is 0 Å². The van der Waals surface area contributed by atoms with Crippen LogP contribution in [0.5, 0.6) is 0 Å². The van der Waals surface area contributed by atoms with Crippen molar-refractivity contribution in [2.75, 3.05) is 0 Å². The molecule has 21 heavy (non-hydrogen) atoms. The summed E-state index contributed by atoms with van der Waals surface area (Å²) in [6.07, 6.45) is 6.31. The Labute approximate surface area is 127 Å². The lowest BCUT2D eigenvalue weighted by molar-refractivity contribution is 0.590. The van der Waals surface area contributed by atoms with Gasteiger partial charge in [0.2, 0.25) is 0 Å². The first-order valence-corrected chi connectivity index (χ1v) is 8.22. The van der Waals surface area contributed by atoms with E-state index in [0.717, 1.165) is 5.92 Å². The highest BCUT2D eigenvalue weighted by Crippen LogP contribution is 2.36. The Morgan fingerprint density at radius 1 is 1.10 bits per heavy atom. The van der Waals surface area contributed by atoms with E-state index >= 15 is 0 Å². The van der Waals surface area contributed by atoms with Crippen molar-refractivity contribution in [2.24, 2.45) is 0 Å². The van der Waals surface area contributed by atoms with Gasteiger partial charge in [-0.15, -0.1) is 0 Å². The van der Waals surface area contributed by atoms with E-state index in [-0.39, 0.29) is 5.41 Å². The Morgan fingerprint density at radius 2 is 1.90 bits per heavy atom. The molecule has 2 aromatic rings. The number of hydrogen-bond donors (Lipinski definition) is 0. The van der Waals surface area contributed by atoms with Gasteiger partial charge in [-0.2, -0.15) is 0 Å². The van der Waals surface area contributed by atoms with E-state index in [4.69, 9.17) is 0 Å². The van der Waals surface area contributed by atoms with Crippen molar-refractivity contribution < 1.29 is 0 Å². The van der Waals surface area contributed by atoms with Crippen LogP contribution in [0.4, 0.5) is 0 Å². The molecular formula is C21H24. The molecule has 0 saturated heterocycles. The average molecular weight is 276 g/mol. The summed E-state index contributed by atoms with van der Waals surface area (Å²) in [6.45, 7) is 9.24. The summed E-state index contributed by atoms with van der Waals surface area (Å²) in [5.74, 6) is 0.750. The van der Waals surface area contributed by atoms with Crippen molar-refractivity contribution in [1.29, 1.82) is 0 Å². The van der Waals surface area contributed by atoms with Gasteiger partial charge in [0.05, 0.1) is 0 Å². The summed E-state index contributed by atoms with van der Waals surface area (Å²) in [5, 5.41) is 5.99. The molecule has 108 valence electrons. The molecular weight excluding hydrogens is 252 g/mol. The minimum Gasteiger partial charge on any atom is -0.0760 e. The van der Waals surface area contributed by atoms with Crippen LogP contribution in [-0.4, -0.2) is 0 Å². The lowest BCUT2D eigenvalue weighted by Crippen LogP contribution is -2.27. The maximum Gasteiger partial charge on any atom is -0.00734 e. The van der Waals surface area contributed by atoms with Crippen LogP contribution in [0.2, 0.25) is 0 Å². The molecule has 0 spiro atoms. The molecule has 0 heterocycles. The summed E-state index contributed by atoms with van der Waals surface area (Å²) in [4.78, 5) is 0. The van der Waals surface area contributed by atoms with Crippen molar-refractivity contribution in [1.82, 2.24) is 0 Å². The maximum atomic E-state index is 2.49. The van der Waals surface area contributed by atoms with Crippen molar-refractivity contribution in [3.05, 3.63) is 45.8 Å². The SMILES string of the molecule is CC1=c2ccc3cc(C(C)(C)C)cc4c3c2C(CC=4)CC1. The van der Waals surface area contributed by atoms with Crippen LogP contribution in [0.3, 0.4) is 0 Å². The topological polar surface area (TPSA) is 0 Å². The van der Waals surface area contributed by atoms with Crippen LogP contribution >= 0.6 is 0 Å². The Balaban J connectivity index is 2.18. The van der Waals surface area contributed by atoms with Gasteiger partial charge in [-0.25, -0.2) is 0 Å². The molecule has 0 aromatic heterocycles. The molecule has 2 aliphatic carbocycles. The van der Waals surface area contributed by atoms with E-state index in [2.05, 4.69) is 58.0 Å². The second-order valence-corrected chi connectivity index (χ2v) is 7.90. The standard InChI is InChI=1S/C21H24/c1-13-5-6-14-7-8-15-11-17(21(2,3)4)12-16-9-10-18(13)20(14)19(15)16/h8-12,14H,5-7H2,1-4H3. The second-order valence-electron chi connectivity index (χ2n) is 7.90. The van der Waals surface area contributed by atoms with Gasteiger partial charge in [-0.05, 0) is 69.9 Å². The van der Waals surface area contributed by atoms with Gasteiger partial charge in [0, 0.05) is 0 Å². The molecule has 0 N–H and O–H groups in total. The molecule has 0 amide bonds. The van der Waals surface area contributed by atoms with Crippen LogP contribution in [0.25, 0.3) is 22.4 Å². The normalized spacial score (nSPS) is 20.6. The zero-order chi connectivity index (χ0) is 14.8. The van der Waals surface area contributed by atoms with E-state index in [1.54, 1.807) is 11.1 Å². The summed E-state index contributed by atoms with van der Waals surface area (Å²) in [5.41, 5.74) is 4.90. The summed E-state index contributed by atoms with van der Waals surface area (Å²) in [7, 11) is 0. The van der Waals surface area contributed by atoms with Crippen molar-refractivity contribution in [2.45, 2.75) is 58.3 Å². The molecule has 2 aliphatic rings. The highest BCUT2D eigenvalue weighted by Gasteiger charge is 2.24. The van der Waals surface area contributed by atoms with Crippen LogP contribution < -0.4 is 10.4 Å². The summed E-state index contributed by atoms with van der Waals surface area (Å²) in [6, 6.07) is 9.57. The molecule has 1 atom stereocenters. The molecule has 0 saturated carbocycles. The fraction of sp³-hybridized carbons (Fsp3) is 0.429. The maximum absolute atomic E-state index is 2.49. The van der Waals surface area contributed by atoms with Crippen molar-refractivity contribution in [3.8, 4) is 0 Å². The Morgan fingerprint density at radius 3 is 2.67 bits per heavy atom. The first-order valence-electron chi connectivity index (χ1n) is 8.22. The zero-order valence-corrected chi connectivity index (χ0v) is 13.6. The third-order valence-electron chi connectivity index (χ3n) is 5.41. The molecule has 4 rings (SSSR count).